The monoisotopic (exact) mass is 277 g/mol. The van der Waals surface area contributed by atoms with Gasteiger partial charge in [-0.2, -0.15) is 0 Å². The van der Waals surface area contributed by atoms with E-state index >= 15 is 0 Å². The number of hydrogen-bond donors (Lipinski definition) is 1. The van der Waals surface area contributed by atoms with Crippen molar-refractivity contribution in [2.24, 2.45) is 0 Å². The molecule has 0 radical (unpaired) electrons. The number of quaternary nitrogens is 1. The van der Waals surface area contributed by atoms with Crippen LogP contribution >= 0.6 is 11.6 Å². The molecule has 1 aromatic heterocycles. The molecule has 19 heavy (non-hydrogen) atoms. The number of para-hydroxylation sites is 2. The number of piperazine rings is 1. The molecule has 100 valence electrons. The van der Waals surface area contributed by atoms with Crippen LogP contribution in [0, 0.1) is 0 Å². The van der Waals surface area contributed by atoms with Gasteiger partial charge in [-0.25, -0.2) is 9.97 Å². The molecule has 1 N–H and O–H groups in total. The van der Waals surface area contributed by atoms with Gasteiger partial charge in [0.2, 0.25) is 0 Å². The summed E-state index contributed by atoms with van der Waals surface area (Å²) >= 11 is 6.28. The Morgan fingerprint density at radius 3 is 2.42 bits per heavy atom. The molecule has 0 saturated carbocycles. The highest BCUT2D eigenvalue weighted by Gasteiger charge is 2.22. The smallest absolute Gasteiger partial charge is 0.172 e. The summed E-state index contributed by atoms with van der Waals surface area (Å²) in [5, 5.41) is 0.513. The lowest BCUT2D eigenvalue weighted by molar-refractivity contribution is -0.898. The van der Waals surface area contributed by atoms with Gasteiger partial charge in [0.25, 0.3) is 0 Å². The summed E-state index contributed by atoms with van der Waals surface area (Å²) in [7, 11) is 0. The van der Waals surface area contributed by atoms with Gasteiger partial charge in [0.15, 0.2) is 11.0 Å². The van der Waals surface area contributed by atoms with E-state index in [0.717, 1.165) is 43.0 Å². The van der Waals surface area contributed by atoms with Crippen LogP contribution in [0.3, 0.4) is 0 Å². The maximum Gasteiger partial charge on any atom is 0.172 e. The van der Waals surface area contributed by atoms with Crippen molar-refractivity contribution in [1.82, 2.24) is 9.97 Å². The predicted octanol–water partition coefficient (Wildman–Crippen LogP) is 1.01. The van der Waals surface area contributed by atoms with Crippen molar-refractivity contribution in [2.45, 2.75) is 6.92 Å². The highest BCUT2D eigenvalue weighted by molar-refractivity contribution is 6.32. The van der Waals surface area contributed by atoms with Gasteiger partial charge in [-0.1, -0.05) is 23.7 Å². The van der Waals surface area contributed by atoms with Gasteiger partial charge in [-0.15, -0.1) is 0 Å². The van der Waals surface area contributed by atoms with E-state index in [-0.39, 0.29) is 0 Å². The fraction of sp³-hybridized carbons (Fsp3) is 0.429. The molecule has 1 aliphatic heterocycles. The third kappa shape index (κ3) is 2.51. The van der Waals surface area contributed by atoms with Crippen LogP contribution in [-0.4, -0.2) is 42.7 Å². The van der Waals surface area contributed by atoms with Crippen LogP contribution < -0.4 is 9.80 Å². The molecule has 2 heterocycles. The van der Waals surface area contributed by atoms with Gasteiger partial charge < -0.3 is 9.80 Å². The summed E-state index contributed by atoms with van der Waals surface area (Å²) in [5.41, 5.74) is 1.77. The number of aromatic nitrogens is 2. The first-order valence-electron chi connectivity index (χ1n) is 6.78. The summed E-state index contributed by atoms with van der Waals surface area (Å²) < 4.78 is 0. The van der Waals surface area contributed by atoms with Gasteiger partial charge in [0.05, 0.1) is 43.8 Å². The zero-order chi connectivity index (χ0) is 13.2. The maximum atomic E-state index is 6.28. The van der Waals surface area contributed by atoms with Crippen LogP contribution in [-0.2, 0) is 0 Å². The Balaban J connectivity index is 1.90. The quantitative estimate of drug-likeness (QED) is 0.889. The number of benzene rings is 1. The first-order chi connectivity index (χ1) is 9.28. The van der Waals surface area contributed by atoms with Crippen LogP contribution in [0.5, 0.6) is 0 Å². The number of fused-ring (bicyclic) bond motifs is 1. The van der Waals surface area contributed by atoms with Crippen LogP contribution in [0.2, 0.25) is 5.15 Å². The first-order valence-corrected chi connectivity index (χ1v) is 7.16. The zero-order valence-corrected chi connectivity index (χ0v) is 11.8. The van der Waals surface area contributed by atoms with E-state index in [9.17, 15) is 0 Å². The van der Waals surface area contributed by atoms with E-state index in [1.807, 2.05) is 24.3 Å². The SMILES string of the molecule is CC[NH+]1CCN(c2nc3ccccc3nc2Cl)CC1. The average molecular weight is 278 g/mol. The van der Waals surface area contributed by atoms with Crippen molar-refractivity contribution < 1.29 is 4.90 Å². The Morgan fingerprint density at radius 1 is 1.16 bits per heavy atom. The van der Waals surface area contributed by atoms with Crippen LogP contribution in [0.25, 0.3) is 11.0 Å². The molecule has 0 amide bonds. The summed E-state index contributed by atoms with van der Waals surface area (Å²) in [6, 6.07) is 7.86. The number of halogens is 1. The first kappa shape index (κ1) is 12.6. The average Bonchev–Trinajstić information content (AvgIpc) is 2.47. The minimum absolute atomic E-state index is 0.513. The van der Waals surface area contributed by atoms with Gasteiger partial charge in [0.1, 0.15) is 0 Å². The van der Waals surface area contributed by atoms with Crippen molar-refractivity contribution in [1.29, 1.82) is 0 Å². The van der Waals surface area contributed by atoms with E-state index < -0.39 is 0 Å². The summed E-state index contributed by atoms with van der Waals surface area (Å²) in [5.74, 6) is 0.829. The summed E-state index contributed by atoms with van der Waals surface area (Å²) in [6.07, 6.45) is 0. The van der Waals surface area contributed by atoms with Crippen molar-refractivity contribution in [3.05, 3.63) is 29.4 Å². The fourth-order valence-corrected chi connectivity index (χ4v) is 2.81. The molecule has 0 spiro atoms. The molecule has 4 nitrogen and oxygen atoms in total. The largest absolute Gasteiger partial charge is 0.343 e. The second kappa shape index (κ2) is 5.31. The van der Waals surface area contributed by atoms with Crippen LogP contribution in [0.1, 0.15) is 6.92 Å². The number of nitrogens with zero attached hydrogens (tertiary/aromatic N) is 3. The van der Waals surface area contributed by atoms with Gasteiger partial charge in [-0.05, 0) is 19.1 Å². The Kier molecular flexibility index (Phi) is 3.53. The lowest BCUT2D eigenvalue weighted by Crippen LogP contribution is -3.14. The third-order valence-corrected chi connectivity index (χ3v) is 4.03. The Labute approximate surface area is 118 Å². The van der Waals surface area contributed by atoms with Crippen LogP contribution in [0.4, 0.5) is 5.82 Å². The Hall–Kier alpha value is -1.39. The van der Waals surface area contributed by atoms with Crippen molar-refractivity contribution >= 4 is 28.5 Å². The molecule has 1 fully saturated rings. The van der Waals surface area contributed by atoms with Crippen molar-refractivity contribution in [3.8, 4) is 0 Å². The van der Waals surface area contributed by atoms with Gasteiger partial charge in [-0.3, -0.25) is 0 Å². The fourth-order valence-electron chi connectivity index (χ4n) is 2.56. The normalized spacial score (nSPS) is 17.1. The van der Waals surface area contributed by atoms with Crippen LogP contribution in [0.15, 0.2) is 24.3 Å². The highest BCUT2D eigenvalue weighted by Crippen LogP contribution is 2.24. The summed E-state index contributed by atoms with van der Waals surface area (Å²) in [6.45, 7) is 7.69. The molecule has 1 aliphatic rings. The van der Waals surface area contributed by atoms with E-state index in [1.54, 1.807) is 4.90 Å². The Bertz CT molecular complexity index is 579. The molecule has 3 rings (SSSR count). The molecular formula is C14H18ClN4+. The number of anilines is 1. The number of nitrogens with one attached hydrogen (secondary N) is 1. The zero-order valence-electron chi connectivity index (χ0n) is 11.1. The molecule has 1 saturated heterocycles. The molecule has 0 aliphatic carbocycles. The minimum atomic E-state index is 0.513. The maximum absolute atomic E-state index is 6.28. The second-order valence-corrected chi connectivity index (χ2v) is 5.28. The van der Waals surface area contributed by atoms with Gasteiger partial charge >= 0.3 is 0 Å². The topological polar surface area (TPSA) is 33.5 Å². The highest BCUT2D eigenvalue weighted by atomic mass is 35.5. The van der Waals surface area contributed by atoms with E-state index in [2.05, 4.69) is 21.8 Å². The molecule has 5 heteroatoms. The molecule has 0 atom stereocenters. The number of rotatable bonds is 2. The molecule has 0 bridgehead atoms. The predicted molar refractivity (Wildman–Crippen MR) is 78.0 cm³/mol. The van der Waals surface area contributed by atoms with E-state index in [4.69, 9.17) is 11.6 Å². The minimum Gasteiger partial charge on any atom is -0.343 e. The summed E-state index contributed by atoms with van der Waals surface area (Å²) in [4.78, 5) is 13.0. The lowest BCUT2D eigenvalue weighted by Gasteiger charge is -2.32. The van der Waals surface area contributed by atoms with Crippen molar-refractivity contribution in [2.75, 3.05) is 37.6 Å². The second-order valence-electron chi connectivity index (χ2n) is 4.92. The van der Waals surface area contributed by atoms with Crippen molar-refractivity contribution in [3.63, 3.8) is 0 Å². The number of hydrogen-bond acceptors (Lipinski definition) is 3. The van der Waals surface area contributed by atoms with Gasteiger partial charge in [0, 0.05) is 0 Å². The molecule has 0 unspecified atom stereocenters. The third-order valence-electron chi connectivity index (χ3n) is 3.78. The Morgan fingerprint density at radius 2 is 1.79 bits per heavy atom. The standard InChI is InChI=1S/C14H17ClN4/c1-2-18-7-9-19(10-8-18)14-13(15)16-11-5-3-4-6-12(11)17-14/h3-6H,2,7-10H2,1H3/p+1. The lowest BCUT2D eigenvalue weighted by atomic mass is 10.3. The molecular weight excluding hydrogens is 260 g/mol. The van der Waals surface area contributed by atoms with E-state index in [1.165, 1.54) is 6.54 Å². The van der Waals surface area contributed by atoms with E-state index in [0.29, 0.717) is 5.15 Å². The molecule has 1 aromatic carbocycles. The molecule has 2 aromatic rings. The number of likely N-dealkylation sites (N-methyl/N-ethyl adjacent to an activating group) is 1.